The average Bonchev–Trinajstić information content (AvgIpc) is 2.71. The average molecular weight is 348 g/mol. The molecule has 0 radical (unpaired) electrons. The lowest BCUT2D eigenvalue weighted by Gasteiger charge is -2.10. The summed E-state index contributed by atoms with van der Waals surface area (Å²) in [6.07, 6.45) is 3.43. The van der Waals surface area contributed by atoms with E-state index in [1.54, 1.807) is 30.6 Å². The van der Waals surface area contributed by atoms with Crippen LogP contribution >= 0.6 is 0 Å². The van der Waals surface area contributed by atoms with Crippen LogP contribution in [0.15, 0.2) is 79.1 Å². The van der Waals surface area contributed by atoms with Crippen molar-refractivity contribution in [1.82, 2.24) is 10.3 Å². The summed E-state index contributed by atoms with van der Waals surface area (Å²) < 4.78 is 11.2. The van der Waals surface area contributed by atoms with E-state index in [1.807, 2.05) is 48.5 Å². The largest absolute Gasteiger partial charge is 0.490 e. The lowest BCUT2D eigenvalue weighted by Crippen LogP contribution is -2.22. The molecule has 0 saturated heterocycles. The molecule has 0 fully saturated rings. The zero-order valence-corrected chi connectivity index (χ0v) is 14.3. The lowest BCUT2D eigenvalue weighted by atomic mass is 10.2. The highest BCUT2D eigenvalue weighted by Crippen LogP contribution is 2.14. The maximum atomic E-state index is 12.3. The van der Waals surface area contributed by atoms with Crippen molar-refractivity contribution in [3.05, 3.63) is 90.3 Å². The molecule has 1 heterocycles. The van der Waals surface area contributed by atoms with E-state index in [-0.39, 0.29) is 5.91 Å². The van der Waals surface area contributed by atoms with Gasteiger partial charge >= 0.3 is 0 Å². The number of amides is 1. The molecule has 1 aromatic heterocycles. The molecule has 0 bridgehead atoms. The number of carbonyl (C=O) groups is 1. The number of para-hydroxylation sites is 1. The van der Waals surface area contributed by atoms with Crippen LogP contribution in [0.3, 0.4) is 0 Å². The van der Waals surface area contributed by atoms with Gasteiger partial charge in [-0.1, -0.05) is 30.3 Å². The minimum atomic E-state index is -0.153. The van der Waals surface area contributed by atoms with Crippen molar-refractivity contribution in [3.8, 4) is 11.5 Å². The first-order valence-electron chi connectivity index (χ1n) is 8.39. The predicted octanol–water partition coefficient (Wildman–Crippen LogP) is 3.47. The number of aromatic nitrogens is 1. The van der Waals surface area contributed by atoms with Crippen molar-refractivity contribution >= 4 is 5.91 Å². The van der Waals surface area contributed by atoms with Crippen molar-refractivity contribution in [2.24, 2.45) is 0 Å². The number of nitrogens with zero attached hydrogens (tertiary/aromatic N) is 1. The summed E-state index contributed by atoms with van der Waals surface area (Å²) in [5.74, 6) is 1.29. The quantitative estimate of drug-likeness (QED) is 0.633. The summed E-state index contributed by atoms with van der Waals surface area (Å²) in [6.45, 7) is 1.26. The van der Waals surface area contributed by atoms with Crippen molar-refractivity contribution in [2.75, 3.05) is 13.2 Å². The molecule has 0 aliphatic rings. The fourth-order valence-corrected chi connectivity index (χ4v) is 2.35. The molecule has 0 unspecified atom stereocenters. The maximum Gasteiger partial charge on any atom is 0.251 e. The molecule has 26 heavy (non-hydrogen) atoms. The molecule has 132 valence electrons. The van der Waals surface area contributed by atoms with Crippen molar-refractivity contribution in [3.63, 3.8) is 0 Å². The van der Waals surface area contributed by atoms with E-state index in [4.69, 9.17) is 9.47 Å². The van der Waals surface area contributed by atoms with Crippen molar-refractivity contribution < 1.29 is 14.3 Å². The third-order valence-electron chi connectivity index (χ3n) is 3.64. The molecule has 0 aliphatic carbocycles. The number of ether oxygens (including phenoxy) is 2. The van der Waals surface area contributed by atoms with E-state index >= 15 is 0 Å². The molecule has 1 amide bonds. The molecule has 0 spiro atoms. The molecule has 0 aliphatic heterocycles. The van der Waals surface area contributed by atoms with Crippen LogP contribution in [0.4, 0.5) is 0 Å². The van der Waals surface area contributed by atoms with Crippen LogP contribution in [0.2, 0.25) is 0 Å². The Hall–Kier alpha value is -3.34. The van der Waals surface area contributed by atoms with Crippen LogP contribution in [0.25, 0.3) is 0 Å². The summed E-state index contributed by atoms with van der Waals surface area (Å²) in [5, 5.41) is 2.87. The third kappa shape index (κ3) is 5.34. The number of hydrogen-bond donors (Lipinski definition) is 1. The topological polar surface area (TPSA) is 60.5 Å². The van der Waals surface area contributed by atoms with Crippen LogP contribution in [0, 0.1) is 0 Å². The highest BCUT2D eigenvalue weighted by molar-refractivity contribution is 5.94. The highest BCUT2D eigenvalue weighted by Gasteiger charge is 2.07. The van der Waals surface area contributed by atoms with E-state index in [1.165, 1.54) is 0 Å². The highest BCUT2D eigenvalue weighted by atomic mass is 16.5. The summed E-state index contributed by atoms with van der Waals surface area (Å²) in [4.78, 5) is 16.3. The van der Waals surface area contributed by atoms with E-state index in [2.05, 4.69) is 10.3 Å². The number of nitrogens with one attached hydrogen (secondary N) is 1. The molecule has 1 N–H and O–H groups in total. The number of carbonyl (C=O) groups excluding carboxylic acids is 1. The van der Waals surface area contributed by atoms with Gasteiger partial charge in [-0.2, -0.15) is 0 Å². The first-order valence-corrected chi connectivity index (χ1v) is 8.39. The van der Waals surface area contributed by atoms with E-state index < -0.39 is 0 Å². The first kappa shape index (κ1) is 17.5. The number of pyridine rings is 1. The zero-order chi connectivity index (χ0) is 18.0. The van der Waals surface area contributed by atoms with Gasteiger partial charge in [-0.3, -0.25) is 9.78 Å². The molecular formula is C21H20N2O3. The smallest absolute Gasteiger partial charge is 0.251 e. The molecule has 0 atom stereocenters. The van der Waals surface area contributed by atoms with E-state index in [9.17, 15) is 4.79 Å². The van der Waals surface area contributed by atoms with Gasteiger partial charge in [0.2, 0.25) is 0 Å². The number of rotatable bonds is 8. The van der Waals surface area contributed by atoms with Gasteiger partial charge in [0.15, 0.2) is 0 Å². The Kier molecular flexibility index (Phi) is 6.20. The van der Waals surface area contributed by atoms with Crippen LogP contribution in [0.1, 0.15) is 15.9 Å². The minimum Gasteiger partial charge on any atom is -0.490 e. The molecular weight excluding hydrogens is 328 g/mol. The number of hydrogen-bond acceptors (Lipinski definition) is 4. The van der Waals surface area contributed by atoms with E-state index in [0.29, 0.717) is 31.1 Å². The molecule has 3 rings (SSSR count). The van der Waals surface area contributed by atoms with Gasteiger partial charge in [0.05, 0.1) is 0 Å². The van der Waals surface area contributed by atoms with Gasteiger partial charge in [-0.25, -0.2) is 0 Å². The Morgan fingerprint density at radius 3 is 2.42 bits per heavy atom. The predicted molar refractivity (Wildman–Crippen MR) is 99.3 cm³/mol. The first-order chi connectivity index (χ1) is 12.8. The second kappa shape index (κ2) is 9.22. The van der Waals surface area contributed by atoms with Crippen molar-refractivity contribution in [1.29, 1.82) is 0 Å². The van der Waals surface area contributed by atoms with Crippen LogP contribution in [-0.4, -0.2) is 24.1 Å². The Morgan fingerprint density at radius 2 is 1.65 bits per heavy atom. The van der Waals surface area contributed by atoms with Crippen molar-refractivity contribution in [2.45, 2.75) is 6.54 Å². The summed E-state index contributed by atoms with van der Waals surface area (Å²) in [6, 6.07) is 20.4. The molecule has 2 aromatic carbocycles. The zero-order valence-electron chi connectivity index (χ0n) is 14.3. The second-order valence-corrected chi connectivity index (χ2v) is 5.58. The minimum absolute atomic E-state index is 0.153. The van der Waals surface area contributed by atoms with Gasteiger partial charge in [0.25, 0.3) is 5.91 Å². The fraction of sp³-hybridized carbons (Fsp3) is 0.143. The van der Waals surface area contributed by atoms with Gasteiger partial charge < -0.3 is 14.8 Å². The summed E-state index contributed by atoms with van der Waals surface area (Å²) in [7, 11) is 0. The SMILES string of the molecule is O=C(NCc1cccnc1)c1cccc(OCCOc2ccccc2)c1. The monoisotopic (exact) mass is 348 g/mol. The molecule has 5 heteroatoms. The normalized spacial score (nSPS) is 10.2. The Labute approximate surface area is 152 Å². The Balaban J connectivity index is 1.47. The van der Waals surface area contributed by atoms with Crippen LogP contribution in [0.5, 0.6) is 11.5 Å². The van der Waals surface area contributed by atoms with Gasteiger partial charge in [-0.05, 0) is 42.0 Å². The maximum absolute atomic E-state index is 12.3. The Bertz CT molecular complexity index is 823. The third-order valence-corrected chi connectivity index (χ3v) is 3.64. The van der Waals surface area contributed by atoms with E-state index in [0.717, 1.165) is 11.3 Å². The molecule has 5 nitrogen and oxygen atoms in total. The van der Waals surface area contributed by atoms with Gasteiger partial charge in [0, 0.05) is 24.5 Å². The molecule has 3 aromatic rings. The summed E-state index contributed by atoms with van der Waals surface area (Å²) in [5.41, 5.74) is 1.50. The standard InChI is InChI=1S/C21H20N2O3/c24-21(23-16-17-6-5-11-22-15-17)18-7-4-10-20(14-18)26-13-12-25-19-8-2-1-3-9-19/h1-11,14-15H,12-13,16H2,(H,23,24). The van der Waals surface area contributed by atoms with Crippen LogP contribution < -0.4 is 14.8 Å². The van der Waals surface area contributed by atoms with Gasteiger partial charge in [-0.15, -0.1) is 0 Å². The fourth-order valence-electron chi connectivity index (χ4n) is 2.35. The second-order valence-electron chi connectivity index (χ2n) is 5.58. The lowest BCUT2D eigenvalue weighted by molar-refractivity contribution is 0.0950. The van der Waals surface area contributed by atoms with Gasteiger partial charge in [0.1, 0.15) is 24.7 Å². The van der Waals surface area contributed by atoms with Crippen LogP contribution in [-0.2, 0) is 6.54 Å². The number of benzene rings is 2. The molecule has 0 saturated carbocycles. The summed E-state index contributed by atoms with van der Waals surface area (Å²) >= 11 is 0. The Morgan fingerprint density at radius 1 is 0.885 bits per heavy atom.